The Morgan fingerprint density at radius 3 is 2.55 bits per heavy atom. The zero-order valence-corrected chi connectivity index (χ0v) is 18.2. The third kappa shape index (κ3) is 4.74. The van der Waals surface area contributed by atoms with Crippen LogP contribution >= 0.6 is 11.3 Å². The summed E-state index contributed by atoms with van der Waals surface area (Å²) in [4.78, 5) is 36.5. The van der Waals surface area contributed by atoms with Gasteiger partial charge in [0, 0.05) is 31.2 Å². The van der Waals surface area contributed by atoms with Gasteiger partial charge in [0.05, 0.1) is 16.8 Å². The van der Waals surface area contributed by atoms with Crippen LogP contribution in [0.5, 0.6) is 0 Å². The average molecular weight is 436 g/mol. The van der Waals surface area contributed by atoms with Crippen molar-refractivity contribution in [3.05, 3.63) is 75.4 Å². The molecule has 4 rings (SSSR count). The van der Waals surface area contributed by atoms with E-state index in [9.17, 15) is 9.59 Å². The lowest BCUT2D eigenvalue weighted by molar-refractivity contribution is 0.0715. The van der Waals surface area contributed by atoms with Gasteiger partial charge in [-0.1, -0.05) is 30.3 Å². The smallest absolute Gasteiger partial charge is 0.265 e. The molecule has 1 fully saturated rings. The minimum atomic E-state index is -0.235. The topological polar surface area (TPSA) is 101 Å². The second-order valence-electron chi connectivity index (χ2n) is 7.67. The number of anilines is 1. The third-order valence-corrected chi connectivity index (χ3v) is 6.54. The predicted molar refractivity (Wildman–Crippen MR) is 121 cm³/mol. The SMILES string of the molecule is Cc1ncsc1C(=O)N1CCC(c2ccc(C(=O)NCc3ccccc3)c(N)n2)CC1. The van der Waals surface area contributed by atoms with Crippen LogP contribution in [-0.4, -0.2) is 39.8 Å². The molecule has 3 heterocycles. The fourth-order valence-corrected chi connectivity index (χ4v) is 4.58. The van der Waals surface area contributed by atoms with Gasteiger partial charge in [-0.3, -0.25) is 9.59 Å². The number of piperidine rings is 1. The maximum absolute atomic E-state index is 12.7. The van der Waals surface area contributed by atoms with E-state index in [0.717, 1.165) is 29.8 Å². The van der Waals surface area contributed by atoms with E-state index >= 15 is 0 Å². The standard InChI is InChI=1S/C23H25N5O2S/c1-15-20(31-14-26-15)23(30)28-11-9-17(10-12-28)19-8-7-18(21(24)27-19)22(29)25-13-16-5-3-2-4-6-16/h2-8,14,17H,9-13H2,1H3,(H2,24,27)(H,25,29). The highest BCUT2D eigenvalue weighted by Gasteiger charge is 2.27. The molecule has 1 aromatic carbocycles. The average Bonchev–Trinajstić information content (AvgIpc) is 3.23. The van der Waals surface area contributed by atoms with Gasteiger partial charge in [0.25, 0.3) is 11.8 Å². The van der Waals surface area contributed by atoms with Gasteiger partial charge in [0.15, 0.2) is 0 Å². The van der Waals surface area contributed by atoms with Crippen LogP contribution < -0.4 is 11.1 Å². The summed E-state index contributed by atoms with van der Waals surface area (Å²) in [5.74, 6) is 0.272. The molecule has 1 aliphatic rings. The molecule has 0 unspecified atom stereocenters. The van der Waals surface area contributed by atoms with Crippen molar-refractivity contribution < 1.29 is 9.59 Å². The highest BCUT2D eigenvalue weighted by Crippen LogP contribution is 2.29. The fourth-order valence-electron chi connectivity index (χ4n) is 3.81. The maximum Gasteiger partial charge on any atom is 0.265 e. The number of nitrogens with zero attached hydrogens (tertiary/aromatic N) is 3. The summed E-state index contributed by atoms with van der Waals surface area (Å²) in [6.07, 6.45) is 1.63. The molecule has 3 N–H and O–H groups in total. The molecule has 160 valence electrons. The van der Waals surface area contributed by atoms with Crippen molar-refractivity contribution in [2.75, 3.05) is 18.8 Å². The molecule has 1 aliphatic heterocycles. The van der Waals surface area contributed by atoms with Crippen molar-refractivity contribution in [3.8, 4) is 0 Å². The van der Waals surface area contributed by atoms with Crippen molar-refractivity contribution in [1.82, 2.24) is 20.2 Å². The Labute approximate surface area is 185 Å². The molecular formula is C23H25N5O2S. The van der Waals surface area contributed by atoms with Crippen LogP contribution in [0.15, 0.2) is 48.0 Å². The van der Waals surface area contributed by atoms with E-state index in [2.05, 4.69) is 15.3 Å². The van der Waals surface area contributed by atoms with E-state index in [1.807, 2.05) is 48.2 Å². The molecule has 0 saturated carbocycles. The summed E-state index contributed by atoms with van der Waals surface area (Å²) in [5, 5.41) is 2.88. The minimum Gasteiger partial charge on any atom is -0.383 e. The number of thiazole rings is 1. The second-order valence-corrected chi connectivity index (χ2v) is 8.53. The van der Waals surface area contributed by atoms with Gasteiger partial charge in [0.1, 0.15) is 10.7 Å². The number of carbonyl (C=O) groups is 2. The van der Waals surface area contributed by atoms with Crippen molar-refractivity contribution in [2.24, 2.45) is 0 Å². The number of aromatic nitrogens is 2. The lowest BCUT2D eigenvalue weighted by Crippen LogP contribution is -2.38. The second kappa shape index (κ2) is 9.26. The molecule has 1 saturated heterocycles. The Balaban J connectivity index is 1.35. The van der Waals surface area contributed by atoms with Crippen LogP contribution in [0.2, 0.25) is 0 Å². The van der Waals surface area contributed by atoms with Crippen molar-refractivity contribution in [3.63, 3.8) is 0 Å². The van der Waals surface area contributed by atoms with E-state index < -0.39 is 0 Å². The Kier molecular flexibility index (Phi) is 6.27. The van der Waals surface area contributed by atoms with E-state index in [4.69, 9.17) is 5.73 Å². The Morgan fingerprint density at radius 2 is 1.90 bits per heavy atom. The molecule has 0 radical (unpaired) electrons. The monoisotopic (exact) mass is 435 g/mol. The van der Waals surface area contributed by atoms with Crippen LogP contribution in [0.25, 0.3) is 0 Å². The highest BCUT2D eigenvalue weighted by atomic mass is 32.1. The molecule has 7 nitrogen and oxygen atoms in total. The highest BCUT2D eigenvalue weighted by molar-refractivity contribution is 7.11. The molecule has 31 heavy (non-hydrogen) atoms. The number of nitrogens with one attached hydrogen (secondary N) is 1. The number of hydrogen-bond donors (Lipinski definition) is 2. The van der Waals surface area contributed by atoms with Crippen molar-refractivity contribution in [1.29, 1.82) is 0 Å². The lowest BCUT2D eigenvalue weighted by Gasteiger charge is -2.31. The van der Waals surface area contributed by atoms with Crippen LogP contribution in [-0.2, 0) is 6.54 Å². The molecule has 0 bridgehead atoms. The van der Waals surface area contributed by atoms with Crippen LogP contribution in [0, 0.1) is 6.92 Å². The van der Waals surface area contributed by atoms with Gasteiger partial charge in [-0.2, -0.15) is 0 Å². The molecule has 0 spiro atoms. The van der Waals surface area contributed by atoms with Crippen LogP contribution in [0.3, 0.4) is 0 Å². The number of benzene rings is 1. The van der Waals surface area contributed by atoms with Gasteiger partial charge in [-0.25, -0.2) is 9.97 Å². The first-order valence-electron chi connectivity index (χ1n) is 10.3. The fraction of sp³-hybridized carbons (Fsp3) is 0.304. The molecule has 8 heteroatoms. The molecule has 0 atom stereocenters. The summed E-state index contributed by atoms with van der Waals surface area (Å²) in [7, 11) is 0. The van der Waals surface area contributed by atoms with Gasteiger partial charge >= 0.3 is 0 Å². The summed E-state index contributed by atoms with van der Waals surface area (Å²) in [5.41, 5.74) is 10.9. The Bertz CT molecular complexity index is 1070. The van der Waals surface area contributed by atoms with Gasteiger partial charge < -0.3 is 16.0 Å². The number of hydrogen-bond acceptors (Lipinski definition) is 6. The normalized spacial score (nSPS) is 14.4. The minimum absolute atomic E-state index is 0.0522. The zero-order chi connectivity index (χ0) is 21.8. The summed E-state index contributed by atoms with van der Waals surface area (Å²) in [6, 6.07) is 13.3. The number of nitrogens with two attached hydrogens (primary N) is 1. The molecular weight excluding hydrogens is 410 g/mol. The van der Waals surface area contributed by atoms with Crippen molar-refractivity contribution in [2.45, 2.75) is 32.2 Å². The Hall–Kier alpha value is -3.26. The quantitative estimate of drug-likeness (QED) is 0.640. The van der Waals surface area contributed by atoms with E-state index in [0.29, 0.717) is 30.1 Å². The number of pyridine rings is 1. The van der Waals surface area contributed by atoms with E-state index in [-0.39, 0.29) is 23.6 Å². The van der Waals surface area contributed by atoms with Gasteiger partial charge in [-0.15, -0.1) is 11.3 Å². The first-order valence-corrected chi connectivity index (χ1v) is 11.2. The van der Waals surface area contributed by atoms with Gasteiger partial charge in [-0.05, 0) is 37.5 Å². The van der Waals surface area contributed by atoms with Crippen LogP contribution in [0.4, 0.5) is 5.82 Å². The molecule has 3 aromatic rings. The van der Waals surface area contributed by atoms with E-state index in [1.54, 1.807) is 11.6 Å². The summed E-state index contributed by atoms with van der Waals surface area (Å²) >= 11 is 1.39. The number of likely N-dealkylation sites (tertiary alicyclic amines) is 1. The lowest BCUT2D eigenvalue weighted by atomic mass is 9.92. The van der Waals surface area contributed by atoms with E-state index in [1.165, 1.54) is 11.3 Å². The Morgan fingerprint density at radius 1 is 1.16 bits per heavy atom. The number of amides is 2. The van der Waals surface area contributed by atoms with Crippen LogP contribution in [0.1, 0.15) is 55.7 Å². The largest absolute Gasteiger partial charge is 0.383 e. The predicted octanol–water partition coefficient (Wildman–Crippen LogP) is 3.38. The van der Waals surface area contributed by atoms with Gasteiger partial charge in [0.2, 0.25) is 0 Å². The number of aryl methyl sites for hydroxylation is 1. The summed E-state index contributed by atoms with van der Waals surface area (Å²) in [6.45, 7) is 3.64. The first-order chi connectivity index (χ1) is 15.0. The molecule has 0 aliphatic carbocycles. The number of carbonyl (C=O) groups excluding carboxylic acids is 2. The molecule has 2 amide bonds. The van der Waals surface area contributed by atoms with Crippen molar-refractivity contribution >= 4 is 29.0 Å². The number of rotatable bonds is 5. The third-order valence-electron chi connectivity index (χ3n) is 5.63. The summed E-state index contributed by atoms with van der Waals surface area (Å²) < 4.78 is 0. The number of nitrogen functional groups attached to an aromatic ring is 1. The molecule has 2 aromatic heterocycles. The zero-order valence-electron chi connectivity index (χ0n) is 17.4. The first kappa shape index (κ1) is 21.0. The maximum atomic E-state index is 12.7.